The lowest BCUT2D eigenvalue weighted by atomic mass is 9.90. The topological polar surface area (TPSA) is 17.1 Å². The Kier molecular flexibility index (Phi) is 2.73. The van der Waals surface area contributed by atoms with Crippen LogP contribution >= 0.6 is 0 Å². The van der Waals surface area contributed by atoms with Gasteiger partial charge in [-0.05, 0) is 59.9 Å². The summed E-state index contributed by atoms with van der Waals surface area (Å²) in [5.41, 5.74) is 7.84. The van der Waals surface area contributed by atoms with Gasteiger partial charge in [0, 0.05) is 12.0 Å². The van der Waals surface area contributed by atoms with E-state index in [1.165, 1.54) is 27.8 Å². The van der Waals surface area contributed by atoms with Gasteiger partial charge in [-0.1, -0.05) is 36.4 Å². The predicted molar refractivity (Wildman–Crippen MR) is 80.4 cm³/mol. The fourth-order valence-corrected chi connectivity index (χ4v) is 3.61. The van der Waals surface area contributed by atoms with Gasteiger partial charge in [0.15, 0.2) is 5.78 Å². The molecule has 0 amide bonds. The molecule has 2 aromatic rings. The van der Waals surface area contributed by atoms with Crippen LogP contribution in [0.25, 0.3) is 0 Å². The molecular weight excluding hydrogens is 244 g/mol. The minimum absolute atomic E-state index is 0.364. The van der Waals surface area contributed by atoms with Crippen molar-refractivity contribution < 1.29 is 4.79 Å². The Bertz CT molecular complexity index is 680. The van der Waals surface area contributed by atoms with Gasteiger partial charge in [0.1, 0.15) is 0 Å². The molecule has 0 radical (unpaired) electrons. The Labute approximate surface area is 119 Å². The Morgan fingerprint density at radius 1 is 0.600 bits per heavy atom. The smallest absolute Gasteiger partial charge is 0.163 e. The van der Waals surface area contributed by atoms with Crippen LogP contribution in [0.2, 0.25) is 0 Å². The van der Waals surface area contributed by atoms with Crippen molar-refractivity contribution in [2.45, 2.75) is 38.5 Å². The maximum absolute atomic E-state index is 12.2. The molecule has 0 saturated heterocycles. The largest absolute Gasteiger partial charge is 0.294 e. The van der Waals surface area contributed by atoms with Gasteiger partial charge in [0.25, 0.3) is 0 Å². The maximum atomic E-state index is 12.2. The lowest BCUT2D eigenvalue weighted by Crippen LogP contribution is -2.06. The van der Waals surface area contributed by atoms with E-state index in [4.69, 9.17) is 0 Å². The summed E-state index contributed by atoms with van der Waals surface area (Å²) in [4.78, 5) is 12.2. The van der Waals surface area contributed by atoms with Crippen LogP contribution in [0.15, 0.2) is 36.4 Å². The summed E-state index contributed by atoms with van der Waals surface area (Å²) in [6, 6.07) is 13.5. The average Bonchev–Trinajstić information content (AvgIpc) is 2.85. The van der Waals surface area contributed by atoms with Gasteiger partial charge >= 0.3 is 0 Å². The lowest BCUT2D eigenvalue weighted by molar-refractivity contribution is 0.0994. The van der Waals surface area contributed by atoms with Crippen molar-refractivity contribution in [1.29, 1.82) is 0 Å². The van der Waals surface area contributed by atoms with Crippen LogP contribution < -0.4 is 0 Å². The number of ketones is 1. The van der Waals surface area contributed by atoms with E-state index in [1.54, 1.807) is 0 Å². The summed E-state index contributed by atoms with van der Waals surface area (Å²) >= 11 is 0. The molecule has 7 rings (SSSR count). The van der Waals surface area contributed by atoms with Crippen molar-refractivity contribution in [3.63, 3.8) is 0 Å². The molecule has 100 valence electrons. The van der Waals surface area contributed by atoms with Gasteiger partial charge < -0.3 is 0 Å². The molecule has 0 N–H and O–H groups in total. The fourth-order valence-electron chi connectivity index (χ4n) is 3.61. The monoisotopic (exact) mass is 262 g/mol. The first-order valence-electron chi connectivity index (χ1n) is 7.56. The predicted octanol–water partition coefficient (Wildman–Crippen LogP) is 3.70. The summed E-state index contributed by atoms with van der Waals surface area (Å²) < 4.78 is 0. The molecule has 0 aliphatic heterocycles. The maximum Gasteiger partial charge on any atom is 0.163 e. The molecule has 0 fully saturated rings. The fraction of sp³-hybridized carbons (Fsp3) is 0.316. The Morgan fingerprint density at radius 3 is 1.90 bits per heavy atom. The Balaban J connectivity index is 1.84. The zero-order valence-corrected chi connectivity index (χ0v) is 11.6. The molecule has 0 saturated carbocycles. The highest BCUT2D eigenvalue weighted by Crippen LogP contribution is 2.31. The minimum atomic E-state index is 0.364. The molecule has 20 heavy (non-hydrogen) atoms. The molecule has 0 atom stereocenters. The molecule has 1 heteroatoms. The van der Waals surface area contributed by atoms with E-state index in [1.807, 2.05) is 0 Å². The second-order valence-electron chi connectivity index (χ2n) is 5.98. The SMILES string of the molecule is O=C1CCc2c3ccc(c21)CCc1ccc(cc1)CC3. The van der Waals surface area contributed by atoms with Crippen molar-refractivity contribution in [2.75, 3.05) is 0 Å². The molecule has 0 spiro atoms. The molecule has 5 aliphatic carbocycles. The third kappa shape index (κ3) is 1.89. The molecular formula is C19H18O. The summed E-state index contributed by atoms with van der Waals surface area (Å²) in [5.74, 6) is 0.364. The van der Waals surface area contributed by atoms with Crippen LogP contribution in [0.4, 0.5) is 0 Å². The molecule has 0 aromatic heterocycles. The van der Waals surface area contributed by atoms with Crippen LogP contribution in [0.1, 0.15) is 44.6 Å². The van der Waals surface area contributed by atoms with Crippen LogP contribution in [0.3, 0.4) is 0 Å². The highest BCUT2D eigenvalue weighted by Gasteiger charge is 2.25. The van der Waals surface area contributed by atoms with Crippen LogP contribution in [0, 0.1) is 0 Å². The molecule has 0 heterocycles. The van der Waals surface area contributed by atoms with E-state index in [9.17, 15) is 4.79 Å². The summed E-state index contributed by atoms with van der Waals surface area (Å²) in [5, 5.41) is 0. The average molecular weight is 262 g/mol. The van der Waals surface area contributed by atoms with Gasteiger partial charge in [-0.2, -0.15) is 0 Å². The first-order chi connectivity index (χ1) is 9.81. The van der Waals surface area contributed by atoms with Crippen LogP contribution in [-0.4, -0.2) is 5.78 Å². The van der Waals surface area contributed by atoms with Crippen molar-refractivity contribution in [3.8, 4) is 0 Å². The van der Waals surface area contributed by atoms with Crippen molar-refractivity contribution in [3.05, 3.63) is 69.8 Å². The normalized spacial score (nSPS) is 16.9. The summed E-state index contributed by atoms with van der Waals surface area (Å²) in [6.45, 7) is 0. The molecule has 5 aliphatic rings. The standard InChI is InChI=1S/C19H18O/c20-18-12-11-17-15-7-5-13-1-3-14(4-2-13)6-8-16(10-9-15)19(17)18/h1-4,9-10H,5-8,11-12H2. The van der Waals surface area contributed by atoms with Crippen molar-refractivity contribution in [2.24, 2.45) is 0 Å². The number of hydrogen-bond acceptors (Lipinski definition) is 1. The number of carbonyl (C=O) groups is 1. The van der Waals surface area contributed by atoms with E-state index in [2.05, 4.69) is 36.4 Å². The number of hydrogen-bond donors (Lipinski definition) is 0. The first-order valence-corrected chi connectivity index (χ1v) is 7.56. The molecule has 2 aromatic carbocycles. The number of carbonyl (C=O) groups excluding carboxylic acids is 1. The van der Waals surface area contributed by atoms with E-state index >= 15 is 0 Å². The van der Waals surface area contributed by atoms with E-state index in [0.29, 0.717) is 12.2 Å². The quantitative estimate of drug-likeness (QED) is 0.707. The zero-order chi connectivity index (χ0) is 13.5. The van der Waals surface area contributed by atoms with Crippen molar-refractivity contribution >= 4 is 5.78 Å². The Hall–Kier alpha value is -1.89. The van der Waals surface area contributed by atoms with Gasteiger partial charge in [0.05, 0.1) is 0 Å². The highest BCUT2D eigenvalue weighted by molar-refractivity contribution is 6.02. The second-order valence-corrected chi connectivity index (χ2v) is 5.98. The Morgan fingerprint density at radius 2 is 1.20 bits per heavy atom. The zero-order valence-electron chi connectivity index (χ0n) is 11.6. The van der Waals surface area contributed by atoms with E-state index < -0.39 is 0 Å². The van der Waals surface area contributed by atoms with Crippen LogP contribution in [-0.2, 0) is 32.1 Å². The third-order valence-corrected chi connectivity index (χ3v) is 4.77. The van der Waals surface area contributed by atoms with Gasteiger partial charge in [-0.25, -0.2) is 0 Å². The van der Waals surface area contributed by atoms with Crippen molar-refractivity contribution in [1.82, 2.24) is 0 Å². The third-order valence-electron chi connectivity index (χ3n) is 4.77. The van der Waals surface area contributed by atoms with Crippen LogP contribution in [0.5, 0.6) is 0 Å². The summed E-state index contributed by atoms with van der Waals surface area (Å²) in [7, 11) is 0. The molecule has 4 bridgehead atoms. The number of rotatable bonds is 0. The van der Waals surface area contributed by atoms with Gasteiger partial charge in [0.2, 0.25) is 0 Å². The number of benzene rings is 2. The number of aryl methyl sites for hydroxylation is 4. The highest BCUT2D eigenvalue weighted by atomic mass is 16.1. The first kappa shape index (κ1) is 11.9. The van der Waals surface area contributed by atoms with Gasteiger partial charge in [-0.3, -0.25) is 4.79 Å². The minimum Gasteiger partial charge on any atom is -0.294 e. The molecule has 1 nitrogen and oxygen atoms in total. The van der Waals surface area contributed by atoms with E-state index in [-0.39, 0.29) is 0 Å². The lowest BCUT2D eigenvalue weighted by Gasteiger charge is -2.14. The second kappa shape index (κ2) is 4.59. The van der Waals surface area contributed by atoms with E-state index in [0.717, 1.165) is 37.7 Å². The molecule has 0 unspecified atom stereocenters. The summed E-state index contributed by atoms with van der Waals surface area (Å²) in [6.07, 6.45) is 5.79. The number of Topliss-reactive ketones (excluding diaryl/α,β-unsaturated/α-hetero) is 1. The van der Waals surface area contributed by atoms with Gasteiger partial charge in [-0.15, -0.1) is 0 Å².